The molecule has 0 bridgehead atoms. The Morgan fingerprint density at radius 2 is 1.94 bits per heavy atom. The first-order valence-electron chi connectivity index (χ1n) is 12.2. The second kappa shape index (κ2) is 7.22. The lowest BCUT2D eigenvalue weighted by Gasteiger charge is -2.23. The van der Waals surface area contributed by atoms with Crippen LogP contribution in [0.15, 0.2) is 47.7 Å². The number of aromatic nitrogens is 3. The van der Waals surface area contributed by atoms with Crippen LogP contribution in [0.4, 0.5) is 0 Å². The summed E-state index contributed by atoms with van der Waals surface area (Å²) in [5.41, 5.74) is 3.24. The van der Waals surface area contributed by atoms with Crippen LogP contribution in [0.3, 0.4) is 0 Å². The van der Waals surface area contributed by atoms with Gasteiger partial charge in [-0.05, 0) is 61.8 Å². The molecule has 1 N–H and O–H groups in total. The molecule has 2 amide bonds. The van der Waals surface area contributed by atoms with Gasteiger partial charge in [-0.1, -0.05) is 12.1 Å². The topological polar surface area (TPSA) is 94.6 Å². The molecule has 7 rings (SSSR count). The lowest BCUT2D eigenvalue weighted by molar-refractivity contribution is -0.131. The molecular weight excluding hydrogens is 428 g/mol. The van der Waals surface area contributed by atoms with Crippen molar-refractivity contribution in [3.63, 3.8) is 0 Å². The van der Waals surface area contributed by atoms with Crippen LogP contribution in [0.25, 0.3) is 22.0 Å². The van der Waals surface area contributed by atoms with E-state index in [-0.39, 0.29) is 17.7 Å². The molecule has 4 heterocycles. The smallest absolute Gasteiger partial charge is 0.256 e. The molecule has 2 aliphatic heterocycles. The monoisotopic (exact) mass is 454 g/mol. The third-order valence-electron chi connectivity index (χ3n) is 7.67. The molecule has 1 spiro atoms. The van der Waals surface area contributed by atoms with Crippen molar-refractivity contribution in [2.24, 2.45) is 16.8 Å². The number of likely N-dealkylation sites (tertiary alicyclic amines) is 1. The van der Waals surface area contributed by atoms with Crippen molar-refractivity contribution in [1.82, 2.24) is 25.0 Å². The Bertz CT molecular complexity index is 1330. The molecule has 172 valence electrons. The SMILES string of the molecule is O=C(C1CC1)N1CC[C@@H](CN2C(=O)C3(CC3)N=C2c2ccc(-c3ccc4[nH]ncc4c3)cn2)C1. The van der Waals surface area contributed by atoms with Crippen LogP contribution in [-0.4, -0.2) is 67.8 Å². The number of nitrogens with zero attached hydrogens (tertiary/aromatic N) is 5. The van der Waals surface area contributed by atoms with Gasteiger partial charge in [0.05, 0.1) is 11.7 Å². The first-order chi connectivity index (χ1) is 16.6. The Balaban J connectivity index is 1.12. The molecule has 4 aliphatic rings. The van der Waals surface area contributed by atoms with Crippen LogP contribution in [0.1, 0.15) is 37.8 Å². The number of fused-ring (bicyclic) bond motifs is 1. The molecule has 2 saturated carbocycles. The zero-order chi connectivity index (χ0) is 22.9. The number of carbonyl (C=O) groups is 2. The molecule has 2 aliphatic carbocycles. The number of H-pyrrole nitrogens is 1. The fraction of sp³-hybridized carbons (Fsp3) is 0.423. The van der Waals surface area contributed by atoms with Gasteiger partial charge >= 0.3 is 0 Å². The van der Waals surface area contributed by atoms with Crippen molar-refractivity contribution in [2.75, 3.05) is 19.6 Å². The minimum atomic E-state index is -0.565. The highest BCUT2D eigenvalue weighted by Gasteiger charge is 2.57. The van der Waals surface area contributed by atoms with E-state index in [1.54, 1.807) is 0 Å². The Morgan fingerprint density at radius 3 is 2.71 bits per heavy atom. The molecule has 1 saturated heterocycles. The number of amidine groups is 1. The average Bonchev–Trinajstić information content (AvgIpc) is 3.74. The standard InChI is InChI=1S/C26H26N6O2/c33-24(17-1-2-17)31-10-7-16(14-31)15-32-23(29-26(8-9-26)25(32)34)22-6-4-19(12-27-22)18-3-5-21-20(11-18)13-28-30-21/h3-6,11-13,16-17H,1-2,7-10,14-15H2,(H,28,30)/t16-/m1/s1. The van der Waals surface area contributed by atoms with Gasteiger partial charge in [-0.2, -0.15) is 5.10 Å². The predicted molar refractivity (Wildman–Crippen MR) is 127 cm³/mol. The van der Waals surface area contributed by atoms with E-state index in [0.29, 0.717) is 18.3 Å². The number of aliphatic imine (C=N–C) groups is 1. The molecule has 0 radical (unpaired) electrons. The van der Waals surface area contributed by atoms with Gasteiger partial charge in [-0.3, -0.25) is 24.6 Å². The molecule has 1 aromatic carbocycles. The van der Waals surface area contributed by atoms with Crippen molar-refractivity contribution in [2.45, 2.75) is 37.6 Å². The minimum absolute atomic E-state index is 0.103. The maximum atomic E-state index is 13.3. The summed E-state index contributed by atoms with van der Waals surface area (Å²) in [6.07, 6.45) is 8.28. The summed E-state index contributed by atoms with van der Waals surface area (Å²) in [7, 11) is 0. The van der Waals surface area contributed by atoms with Gasteiger partial charge in [-0.25, -0.2) is 4.99 Å². The number of benzene rings is 1. The first kappa shape index (κ1) is 19.9. The fourth-order valence-electron chi connectivity index (χ4n) is 5.31. The number of hydrogen-bond acceptors (Lipinski definition) is 5. The van der Waals surface area contributed by atoms with Gasteiger partial charge in [0.2, 0.25) is 5.91 Å². The summed E-state index contributed by atoms with van der Waals surface area (Å²) < 4.78 is 0. The van der Waals surface area contributed by atoms with E-state index in [2.05, 4.69) is 16.3 Å². The summed E-state index contributed by atoms with van der Waals surface area (Å²) in [6, 6.07) is 10.2. The van der Waals surface area contributed by atoms with Gasteiger partial charge in [0.25, 0.3) is 5.91 Å². The third kappa shape index (κ3) is 3.23. The van der Waals surface area contributed by atoms with Crippen molar-refractivity contribution in [3.8, 4) is 11.1 Å². The molecule has 8 heteroatoms. The zero-order valence-electron chi connectivity index (χ0n) is 18.9. The molecular formula is C26H26N6O2. The fourth-order valence-corrected chi connectivity index (χ4v) is 5.31. The molecule has 3 fully saturated rings. The first-order valence-corrected chi connectivity index (χ1v) is 12.2. The second-order valence-electron chi connectivity index (χ2n) is 10.2. The van der Waals surface area contributed by atoms with Crippen molar-refractivity contribution < 1.29 is 9.59 Å². The van der Waals surface area contributed by atoms with E-state index in [0.717, 1.165) is 72.9 Å². The van der Waals surface area contributed by atoms with E-state index < -0.39 is 5.54 Å². The van der Waals surface area contributed by atoms with Crippen LogP contribution in [0.2, 0.25) is 0 Å². The number of amides is 2. The van der Waals surface area contributed by atoms with E-state index in [1.807, 2.05) is 46.5 Å². The van der Waals surface area contributed by atoms with Crippen molar-refractivity contribution in [3.05, 3.63) is 48.4 Å². The van der Waals surface area contributed by atoms with Gasteiger partial charge in [-0.15, -0.1) is 0 Å². The summed E-state index contributed by atoms with van der Waals surface area (Å²) in [4.78, 5) is 39.2. The number of pyridine rings is 1. The highest BCUT2D eigenvalue weighted by Crippen LogP contribution is 2.46. The van der Waals surface area contributed by atoms with E-state index in [9.17, 15) is 9.59 Å². The molecule has 1 atom stereocenters. The van der Waals surface area contributed by atoms with Crippen LogP contribution < -0.4 is 0 Å². The largest absolute Gasteiger partial charge is 0.342 e. The van der Waals surface area contributed by atoms with E-state index in [4.69, 9.17) is 9.98 Å². The van der Waals surface area contributed by atoms with Crippen LogP contribution in [0, 0.1) is 11.8 Å². The van der Waals surface area contributed by atoms with Crippen LogP contribution >= 0.6 is 0 Å². The Morgan fingerprint density at radius 1 is 1.09 bits per heavy atom. The maximum Gasteiger partial charge on any atom is 0.256 e. The summed E-state index contributed by atoms with van der Waals surface area (Å²) in [5, 5.41) is 8.12. The Labute approximate surface area is 197 Å². The number of rotatable bonds is 5. The number of carbonyl (C=O) groups excluding carboxylic acids is 2. The van der Waals surface area contributed by atoms with E-state index >= 15 is 0 Å². The van der Waals surface area contributed by atoms with Gasteiger partial charge in [0.1, 0.15) is 11.2 Å². The lowest BCUT2D eigenvalue weighted by atomic mass is 10.1. The number of aromatic amines is 1. The summed E-state index contributed by atoms with van der Waals surface area (Å²) in [5.74, 6) is 1.62. The molecule has 2 aromatic heterocycles. The highest BCUT2D eigenvalue weighted by molar-refractivity contribution is 6.15. The molecule has 8 nitrogen and oxygen atoms in total. The van der Waals surface area contributed by atoms with Crippen LogP contribution in [-0.2, 0) is 9.59 Å². The van der Waals surface area contributed by atoms with Crippen LogP contribution in [0.5, 0.6) is 0 Å². The average molecular weight is 455 g/mol. The van der Waals surface area contributed by atoms with E-state index in [1.165, 1.54) is 0 Å². The summed E-state index contributed by atoms with van der Waals surface area (Å²) >= 11 is 0. The lowest BCUT2D eigenvalue weighted by Crippen LogP contribution is -2.41. The third-order valence-corrected chi connectivity index (χ3v) is 7.67. The van der Waals surface area contributed by atoms with Gasteiger partial charge < -0.3 is 4.90 Å². The maximum absolute atomic E-state index is 13.3. The second-order valence-corrected chi connectivity index (χ2v) is 10.2. The quantitative estimate of drug-likeness (QED) is 0.641. The summed E-state index contributed by atoms with van der Waals surface area (Å²) in [6.45, 7) is 2.14. The number of nitrogens with one attached hydrogen (secondary N) is 1. The van der Waals surface area contributed by atoms with Crippen molar-refractivity contribution >= 4 is 28.6 Å². The minimum Gasteiger partial charge on any atom is -0.342 e. The zero-order valence-corrected chi connectivity index (χ0v) is 18.9. The highest BCUT2D eigenvalue weighted by atomic mass is 16.2. The number of hydrogen-bond donors (Lipinski definition) is 1. The van der Waals surface area contributed by atoms with Gasteiger partial charge in [0, 0.05) is 42.7 Å². The van der Waals surface area contributed by atoms with Gasteiger partial charge in [0.15, 0.2) is 5.84 Å². The Hall–Kier alpha value is -3.55. The molecule has 34 heavy (non-hydrogen) atoms. The molecule has 0 unspecified atom stereocenters. The van der Waals surface area contributed by atoms with Crippen molar-refractivity contribution in [1.29, 1.82) is 0 Å². The normalized spacial score (nSPS) is 23.2. The Kier molecular flexibility index (Phi) is 4.22. The predicted octanol–water partition coefficient (Wildman–Crippen LogP) is 3.00. The molecule has 3 aromatic rings.